The second kappa shape index (κ2) is 64.6. The summed E-state index contributed by atoms with van der Waals surface area (Å²) in [5.41, 5.74) is 0. The lowest BCUT2D eigenvalue weighted by Gasteiger charge is -2.18. The topological polar surface area (TPSA) is 61.8 Å². The van der Waals surface area contributed by atoms with E-state index in [0.717, 1.165) is 77.0 Å². The second-order valence-corrected chi connectivity index (χ2v) is 21.7. The van der Waals surface area contributed by atoms with Crippen LogP contribution in [0.5, 0.6) is 0 Å². The highest BCUT2D eigenvalue weighted by Crippen LogP contribution is 2.18. The van der Waals surface area contributed by atoms with Gasteiger partial charge in [-0.2, -0.15) is 0 Å². The molecule has 1 unspecified atom stereocenters. The highest BCUT2D eigenvalue weighted by molar-refractivity contribution is 5.70. The predicted octanol–water partition coefficient (Wildman–Crippen LogP) is 22.6. The van der Waals surface area contributed by atoms with Crippen LogP contribution in [-0.2, 0) is 23.8 Å². The van der Waals surface area contributed by atoms with Gasteiger partial charge >= 0.3 is 11.9 Å². The number of unbranched alkanes of at least 4 members (excludes halogenated alkanes) is 37. The fourth-order valence-electron chi connectivity index (χ4n) is 9.47. The van der Waals surface area contributed by atoms with Crippen molar-refractivity contribution in [2.45, 2.75) is 335 Å². The standard InChI is InChI=1S/C69H124O5/c1-4-7-10-13-16-19-22-25-28-31-34-37-40-43-46-49-52-55-58-61-64-72-65-67(74-69(71)63-60-57-54-51-48-45-42-39-36-33-30-27-24-21-18-15-12-9-6-3)66-73-68(70)62-59-56-53-50-47-44-41-38-35-32-29-26-23-20-17-14-11-8-5-2/h7,10,16,19,25,28,34,37,43,46,52,55,67H,4-6,8-9,11-15,17-18,20-24,26-27,29-33,35-36,38-42,44-45,47-51,53-54,56-66H2,1-3H3/b10-7-,19-16-,28-25-,37-34-,46-43-,55-52-. The van der Waals surface area contributed by atoms with Crippen molar-refractivity contribution in [2.24, 2.45) is 0 Å². The molecule has 5 heteroatoms. The Morgan fingerprint density at radius 1 is 0.311 bits per heavy atom. The molecule has 0 aromatic heterocycles. The molecule has 0 aromatic carbocycles. The Labute approximate surface area is 461 Å². The van der Waals surface area contributed by atoms with Gasteiger partial charge in [0.25, 0.3) is 0 Å². The maximum absolute atomic E-state index is 12.9. The summed E-state index contributed by atoms with van der Waals surface area (Å²) in [6.07, 6.45) is 85.3. The number of carbonyl (C=O) groups excluding carboxylic acids is 2. The van der Waals surface area contributed by atoms with Gasteiger partial charge in [-0.05, 0) is 64.2 Å². The first kappa shape index (κ1) is 71.3. The quantitative estimate of drug-likeness (QED) is 0.0345. The van der Waals surface area contributed by atoms with E-state index in [1.165, 1.54) is 218 Å². The van der Waals surface area contributed by atoms with Crippen molar-refractivity contribution in [2.75, 3.05) is 19.8 Å². The summed E-state index contributed by atoms with van der Waals surface area (Å²) in [7, 11) is 0. The van der Waals surface area contributed by atoms with E-state index in [-0.39, 0.29) is 25.2 Å². The maximum atomic E-state index is 12.9. The Hall–Kier alpha value is -2.66. The molecule has 0 amide bonds. The number of carbonyl (C=O) groups is 2. The minimum atomic E-state index is -0.567. The molecule has 0 spiro atoms. The molecule has 0 rings (SSSR count). The van der Waals surface area contributed by atoms with Crippen molar-refractivity contribution >= 4 is 11.9 Å². The zero-order valence-corrected chi connectivity index (χ0v) is 49.6. The van der Waals surface area contributed by atoms with E-state index in [0.29, 0.717) is 19.4 Å². The molecule has 0 saturated carbocycles. The van der Waals surface area contributed by atoms with E-state index in [4.69, 9.17) is 14.2 Å². The van der Waals surface area contributed by atoms with E-state index >= 15 is 0 Å². The monoisotopic (exact) mass is 1030 g/mol. The summed E-state index contributed by atoms with van der Waals surface area (Å²) in [4.78, 5) is 25.6. The fraction of sp³-hybridized carbons (Fsp3) is 0.797. The molecule has 0 fully saturated rings. The van der Waals surface area contributed by atoms with E-state index in [1.807, 2.05) is 0 Å². The van der Waals surface area contributed by atoms with Gasteiger partial charge < -0.3 is 14.2 Å². The van der Waals surface area contributed by atoms with Gasteiger partial charge in [0.1, 0.15) is 6.61 Å². The molecular weight excluding hydrogens is 909 g/mol. The Morgan fingerprint density at radius 2 is 0.595 bits per heavy atom. The van der Waals surface area contributed by atoms with Gasteiger partial charge in [-0.15, -0.1) is 0 Å². The summed E-state index contributed by atoms with van der Waals surface area (Å²) < 4.78 is 17.5. The third-order valence-corrected chi connectivity index (χ3v) is 14.3. The van der Waals surface area contributed by atoms with Crippen LogP contribution in [0, 0.1) is 0 Å². The molecule has 0 aliphatic carbocycles. The molecule has 0 heterocycles. The molecule has 0 aliphatic heterocycles. The third-order valence-electron chi connectivity index (χ3n) is 14.3. The zero-order chi connectivity index (χ0) is 53.4. The number of esters is 2. The highest BCUT2D eigenvalue weighted by atomic mass is 16.6. The average Bonchev–Trinajstić information content (AvgIpc) is 3.40. The summed E-state index contributed by atoms with van der Waals surface area (Å²) in [6, 6.07) is 0. The minimum Gasteiger partial charge on any atom is -0.462 e. The first-order chi connectivity index (χ1) is 36.6. The van der Waals surface area contributed by atoms with E-state index in [2.05, 4.69) is 93.7 Å². The Morgan fingerprint density at radius 3 is 0.919 bits per heavy atom. The van der Waals surface area contributed by atoms with Gasteiger partial charge in [0.05, 0.1) is 6.61 Å². The molecule has 1 atom stereocenters. The molecule has 0 aliphatic rings. The van der Waals surface area contributed by atoms with Crippen molar-refractivity contribution < 1.29 is 23.8 Å². The van der Waals surface area contributed by atoms with E-state index in [1.54, 1.807) is 0 Å². The number of hydrogen-bond acceptors (Lipinski definition) is 5. The molecule has 0 N–H and O–H groups in total. The predicted molar refractivity (Wildman–Crippen MR) is 325 cm³/mol. The maximum Gasteiger partial charge on any atom is 0.306 e. The van der Waals surface area contributed by atoms with Crippen LogP contribution in [0.2, 0.25) is 0 Å². The number of hydrogen-bond donors (Lipinski definition) is 0. The molecular formula is C69H124O5. The Bertz CT molecular complexity index is 1310. The van der Waals surface area contributed by atoms with Crippen LogP contribution in [0.1, 0.15) is 329 Å². The molecule has 0 bridgehead atoms. The van der Waals surface area contributed by atoms with E-state index < -0.39 is 6.10 Å². The van der Waals surface area contributed by atoms with Crippen molar-refractivity contribution in [3.05, 3.63) is 72.9 Å². The van der Waals surface area contributed by atoms with Crippen molar-refractivity contribution in [1.29, 1.82) is 0 Å². The van der Waals surface area contributed by atoms with Crippen LogP contribution >= 0.6 is 0 Å². The molecule has 430 valence electrons. The highest BCUT2D eigenvalue weighted by Gasteiger charge is 2.17. The largest absolute Gasteiger partial charge is 0.462 e. The van der Waals surface area contributed by atoms with E-state index in [9.17, 15) is 9.59 Å². The minimum absolute atomic E-state index is 0.0655. The van der Waals surface area contributed by atoms with Crippen molar-refractivity contribution in [3.63, 3.8) is 0 Å². The summed E-state index contributed by atoms with van der Waals surface area (Å²) in [6.45, 7) is 7.64. The van der Waals surface area contributed by atoms with Crippen molar-refractivity contribution in [3.8, 4) is 0 Å². The summed E-state index contributed by atoms with van der Waals surface area (Å²) in [5, 5.41) is 0. The normalized spacial score (nSPS) is 12.6. The first-order valence-corrected chi connectivity index (χ1v) is 32.5. The van der Waals surface area contributed by atoms with Gasteiger partial charge in [0.2, 0.25) is 0 Å². The Balaban J connectivity index is 4.33. The summed E-state index contributed by atoms with van der Waals surface area (Å²) >= 11 is 0. The smallest absolute Gasteiger partial charge is 0.306 e. The fourth-order valence-corrected chi connectivity index (χ4v) is 9.47. The van der Waals surface area contributed by atoms with Crippen LogP contribution < -0.4 is 0 Å². The van der Waals surface area contributed by atoms with Crippen LogP contribution in [0.3, 0.4) is 0 Å². The molecule has 5 nitrogen and oxygen atoms in total. The van der Waals surface area contributed by atoms with Crippen LogP contribution in [0.4, 0.5) is 0 Å². The van der Waals surface area contributed by atoms with Crippen LogP contribution in [0.25, 0.3) is 0 Å². The number of allylic oxidation sites excluding steroid dienone is 12. The van der Waals surface area contributed by atoms with Crippen LogP contribution in [0.15, 0.2) is 72.9 Å². The SMILES string of the molecule is CC/C=C\C/C=C\C/C=C\C/C=C\C/C=C\C/C=C\CCCOCC(COC(=O)CCCCCCCCCCCCCCCCCCCCC)OC(=O)CCCCCCCCCCCCCCCCCCCCC. The van der Waals surface area contributed by atoms with Gasteiger partial charge in [-0.3, -0.25) is 9.59 Å². The average molecular weight is 1030 g/mol. The molecule has 0 aromatic rings. The third kappa shape index (κ3) is 61.9. The second-order valence-electron chi connectivity index (χ2n) is 21.7. The zero-order valence-electron chi connectivity index (χ0n) is 49.6. The molecule has 0 radical (unpaired) electrons. The van der Waals surface area contributed by atoms with Gasteiger partial charge in [-0.1, -0.05) is 325 Å². The number of rotatable bonds is 60. The molecule has 0 saturated heterocycles. The lowest BCUT2D eigenvalue weighted by molar-refractivity contribution is -0.163. The summed E-state index contributed by atoms with van der Waals surface area (Å²) in [5.74, 6) is -0.409. The first-order valence-electron chi connectivity index (χ1n) is 32.5. The number of ether oxygens (including phenoxy) is 3. The van der Waals surface area contributed by atoms with Gasteiger partial charge in [0.15, 0.2) is 6.10 Å². The van der Waals surface area contributed by atoms with Gasteiger partial charge in [0, 0.05) is 19.4 Å². The Kier molecular flexibility index (Phi) is 62.3. The molecule has 74 heavy (non-hydrogen) atoms. The lowest BCUT2D eigenvalue weighted by Crippen LogP contribution is -2.30. The van der Waals surface area contributed by atoms with Gasteiger partial charge in [-0.25, -0.2) is 0 Å². The van der Waals surface area contributed by atoms with Crippen molar-refractivity contribution in [1.82, 2.24) is 0 Å². The lowest BCUT2D eigenvalue weighted by atomic mass is 10.0. The van der Waals surface area contributed by atoms with Crippen LogP contribution in [-0.4, -0.2) is 37.9 Å².